The van der Waals surface area contributed by atoms with E-state index < -0.39 is 38.3 Å². The molecule has 0 aliphatic rings. The molecule has 0 radical (unpaired) electrons. The van der Waals surface area contributed by atoms with Crippen LogP contribution in [0.5, 0.6) is 0 Å². The van der Waals surface area contributed by atoms with E-state index in [2.05, 4.69) is 0 Å². The molecule has 0 aliphatic carbocycles. The maximum Gasteiger partial charge on any atom is 0.294 e. The molecule has 0 amide bonds. The maximum absolute atomic E-state index is 12.1. The summed E-state index contributed by atoms with van der Waals surface area (Å²) < 4.78 is 102. The summed E-state index contributed by atoms with van der Waals surface area (Å²) in [5, 5.41) is 1.11. The molecule has 0 aliphatic heterocycles. The van der Waals surface area contributed by atoms with Crippen molar-refractivity contribution in [3.05, 3.63) is 71.3 Å². The van der Waals surface area contributed by atoms with Gasteiger partial charge in [-0.2, -0.15) is 25.3 Å². The molecule has 3 rings (SSSR count). The molecule has 0 saturated heterocycles. The van der Waals surface area contributed by atoms with Crippen molar-refractivity contribution in [1.82, 2.24) is 0 Å². The average molecular weight is 587 g/mol. The lowest BCUT2D eigenvalue weighted by atomic mass is 10.2. The zero-order valence-electron chi connectivity index (χ0n) is 20.3. The second kappa shape index (κ2) is 10.9. The maximum atomic E-state index is 12.1. The van der Waals surface area contributed by atoms with Gasteiger partial charge in [0.05, 0.1) is 14.7 Å². The molecule has 0 bridgehead atoms. The van der Waals surface area contributed by atoms with Crippen LogP contribution in [0.3, 0.4) is 0 Å². The Balaban J connectivity index is 2.43. The molecule has 3 aromatic carbocycles. The minimum Gasteiger partial charge on any atom is -0.282 e. The summed E-state index contributed by atoms with van der Waals surface area (Å²) in [7, 11) is -15.6. The van der Waals surface area contributed by atoms with Crippen LogP contribution >= 0.6 is 7.92 Å². The molecule has 37 heavy (non-hydrogen) atoms. The quantitative estimate of drug-likeness (QED) is 0.253. The summed E-state index contributed by atoms with van der Waals surface area (Å²) in [6.07, 6.45) is 0.927. The minimum absolute atomic E-state index is 0.309. The van der Waals surface area contributed by atoms with E-state index in [0.717, 1.165) is 0 Å². The normalized spacial score (nSPS) is 12.7. The molecular formula is C24H27O9PS3. The van der Waals surface area contributed by atoms with Gasteiger partial charge in [0.15, 0.2) is 0 Å². The monoisotopic (exact) mass is 586 g/mol. The molecule has 0 aromatic heterocycles. The van der Waals surface area contributed by atoms with E-state index in [4.69, 9.17) is 0 Å². The van der Waals surface area contributed by atoms with Crippen molar-refractivity contribution in [2.24, 2.45) is 0 Å². The van der Waals surface area contributed by atoms with E-state index in [1.54, 1.807) is 39.0 Å². The lowest BCUT2D eigenvalue weighted by Crippen LogP contribution is -2.24. The lowest BCUT2D eigenvalue weighted by molar-refractivity contribution is 0.480. The van der Waals surface area contributed by atoms with E-state index in [1.807, 2.05) is 0 Å². The molecule has 13 heteroatoms. The fourth-order valence-electron chi connectivity index (χ4n) is 4.09. The third kappa shape index (κ3) is 6.46. The Morgan fingerprint density at radius 3 is 0.946 bits per heavy atom. The molecule has 0 atom stereocenters. The lowest BCUT2D eigenvalue weighted by Gasteiger charge is -2.23. The van der Waals surface area contributed by atoms with Crippen molar-refractivity contribution in [2.45, 2.75) is 54.7 Å². The van der Waals surface area contributed by atoms with Crippen LogP contribution in [0.1, 0.15) is 37.5 Å². The average Bonchev–Trinajstić information content (AvgIpc) is 2.82. The number of hydrogen-bond donors (Lipinski definition) is 3. The Morgan fingerprint density at radius 2 is 0.757 bits per heavy atom. The van der Waals surface area contributed by atoms with Crippen LogP contribution in [-0.4, -0.2) is 38.9 Å². The highest BCUT2D eigenvalue weighted by atomic mass is 32.2. The Labute approximate surface area is 218 Å². The first-order valence-electron chi connectivity index (χ1n) is 11.2. The second-order valence-corrected chi connectivity index (χ2v) is 14.6. The van der Waals surface area contributed by atoms with Crippen molar-refractivity contribution < 1.29 is 38.9 Å². The first kappa shape index (κ1) is 29.4. The topological polar surface area (TPSA) is 163 Å². The van der Waals surface area contributed by atoms with Crippen LogP contribution in [0.2, 0.25) is 0 Å². The Bertz CT molecular complexity index is 1460. The van der Waals surface area contributed by atoms with Crippen LogP contribution in [-0.2, 0) is 49.6 Å². The van der Waals surface area contributed by atoms with Gasteiger partial charge in [-0.3, -0.25) is 13.7 Å². The van der Waals surface area contributed by atoms with Crippen LogP contribution in [0.25, 0.3) is 0 Å². The summed E-state index contributed by atoms with van der Waals surface area (Å²) in [5.41, 5.74) is 1.09. The molecule has 3 N–H and O–H groups in total. The van der Waals surface area contributed by atoms with Crippen LogP contribution in [0.4, 0.5) is 0 Å². The van der Waals surface area contributed by atoms with Crippen LogP contribution in [0.15, 0.2) is 69.3 Å². The highest BCUT2D eigenvalue weighted by Crippen LogP contribution is 2.36. The number of rotatable bonds is 9. The van der Waals surface area contributed by atoms with Gasteiger partial charge in [-0.15, -0.1) is 0 Å². The first-order valence-corrected chi connectivity index (χ1v) is 16.9. The molecule has 9 nitrogen and oxygen atoms in total. The molecule has 3 aromatic rings. The van der Waals surface area contributed by atoms with Gasteiger partial charge in [-0.1, -0.05) is 57.2 Å². The first-order chi connectivity index (χ1) is 17.1. The van der Waals surface area contributed by atoms with Gasteiger partial charge >= 0.3 is 0 Å². The third-order valence-corrected chi connectivity index (χ3v) is 11.1. The zero-order chi connectivity index (χ0) is 27.8. The molecule has 0 unspecified atom stereocenters. The van der Waals surface area contributed by atoms with Gasteiger partial charge in [0.2, 0.25) is 0 Å². The molecule has 0 spiro atoms. The smallest absolute Gasteiger partial charge is 0.282 e. The minimum atomic E-state index is -4.61. The van der Waals surface area contributed by atoms with Gasteiger partial charge in [0.1, 0.15) is 0 Å². The Kier molecular flexibility index (Phi) is 8.65. The van der Waals surface area contributed by atoms with Gasteiger partial charge < -0.3 is 0 Å². The highest BCUT2D eigenvalue weighted by molar-refractivity contribution is 7.86. The molecule has 0 fully saturated rings. The van der Waals surface area contributed by atoms with E-state index >= 15 is 0 Å². The largest absolute Gasteiger partial charge is 0.294 e. The van der Waals surface area contributed by atoms with Gasteiger partial charge in [-0.25, -0.2) is 0 Å². The van der Waals surface area contributed by atoms with Crippen molar-refractivity contribution in [1.29, 1.82) is 0 Å². The van der Waals surface area contributed by atoms with Crippen molar-refractivity contribution in [3.8, 4) is 0 Å². The second-order valence-electron chi connectivity index (χ2n) is 8.20. The number of benzene rings is 3. The molecule has 0 saturated carbocycles. The highest BCUT2D eigenvalue weighted by Gasteiger charge is 2.26. The summed E-state index contributed by atoms with van der Waals surface area (Å²) in [6.45, 7) is 5.16. The van der Waals surface area contributed by atoms with Crippen molar-refractivity contribution >= 4 is 54.2 Å². The predicted octanol–water partition coefficient (Wildman–Crippen LogP) is 2.87. The summed E-state index contributed by atoms with van der Waals surface area (Å²) in [5.74, 6) is 0. The summed E-state index contributed by atoms with van der Waals surface area (Å²) in [6, 6.07) is 13.3. The van der Waals surface area contributed by atoms with E-state index in [0.29, 0.717) is 51.9 Å². The van der Waals surface area contributed by atoms with E-state index in [-0.39, 0.29) is 14.7 Å². The van der Waals surface area contributed by atoms with Crippen molar-refractivity contribution in [2.75, 3.05) is 0 Å². The van der Waals surface area contributed by atoms with Gasteiger partial charge in [0.25, 0.3) is 30.4 Å². The van der Waals surface area contributed by atoms with E-state index in [9.17, 15) is 38.9 Å². The zero-order valence-corrected chi connectivity index (χ0v) is 23.6. The Hall–Kier alpha value is -2.18. The Morgan fingerprint density at radius 1 is 0.514 bits per heavy atom. The molecule has 0 heterocycles. The number of aryl methyl sites for hydroxylation is 3. The standard InChI is InChI=1S/C24H27O9PS3/c1-4-16-7-10-19(13-22(16)35(25,26)27)34(20-11-8-17(5-2)23(14-20)36(28,29)30)21-12-9-18(6-3)24(15-21)37(31,32)33/h7-15H,4-6H2,1-3H3,(H,25,26,27)(H,28,29,30)(H,31,32,33). The van der Waals surface area contributed by atoms with Gasteiger partial charge in [0, 0.05) is 0 Å². The van der Waals surface area contributed by atoms with E-state index in [1.165, 1.54) is 36.4 Å². The molecule has 200 valence electrons. The van der Waals surface area contributed by atoms with Crippen LogP contribution in [0, 0.1) is 0 Å². The number of hydrogen-bond acceptors (Lipinski definition) is 6. The summed E-state index contributed by atoms with van der Waals surface area (Å²) in [4.78, 5) is -0.957. The SMILES string of the molecule is CCc1ccc(P(c2ccc(CC)c(S(=O)(=O)O)c2)c2ccc(CC)c(S(=O)(=O)O)c2)cc1S(=O)(=O)O. The van der Waals surface area contributed by atoms with Crippen molar-refractivity contribution in [3.63, 3.8) is 0 Å². The van der Waals surface area contributed by atoms with Gasteiger partial charge in [-0.05, 0) is 78.0 Å². The predicted molar refractivity (Wildman–Crippen MR) is 143 cm³/mol. The van der Waals surface area contributed by atoms with Crippen LogP contribution < -0.4 is 15.9 Å². The third-order valence-electron chi connectivity index (χ3n) is 5.90. The molecular weight excluding hydrogens is 559 g/mol. The fourth-order valence-corrected chi connectivity index (χ4v) is 9.15. The fraction of sp³-hybridized carbons (Fsp3) is 0.250. The summed E-state index contributed by atoms with van der Waals surface area (Å²) >= 11 is 0.